The Bertz CT molecular complexity index is 1020. The first-order valence-electron chi connectivity index (χ1n) is 10.1. The van der Waals surface area contributed by atoms with E-state index in [1.54, 1.807) is 6.21 Å². The van der Waals surface area contributed by atoms with Crippen molar-refractivity contribution < 1.29 is 14.3 Å². The van der Waals surface area contributed by atoms with Gasteiger partial charge in [-0.3, -0.25) is 9.69 Å². The van der Waals surface area contributed by atoms with Crippen molar-refractivity contribution in [1.82, 2.24) is 10.3 Å². The van der Waals surface area contributed by atoms with Crippen LogP contribution in [0.5, 0.6) is 5.75 Å². The third kappa shape index (κ3) is 5.43. The normalized spacial score (nSPS) is 14.8. The van der Waals surface area contributed by atoms with Gasteiger partial charge in [-0.15, -0.1) is 0 Å². The number of fused-ring (bicyclic) bond motifs is 1. The molecule has 1 heterocycles. The molecule has 30 heavy (non-hydrogen) atoms. The highest BCUT2D eigenvalue weighted by Gasteiger charge is 2.13. The van der Waals surface area contributed by atoms with Crippen LogP contribution < -0.4 is 10.2 Å². The molecule has 0 unspecified atom stereocenters. The molecule has 4 rings (SSSR count). The highest BCUT2D eigenvalue weighted by Crippen LogP contribution is 2.21. The minimum Gasteiger partial charge on any atom is -0.489 e. The van der Waals surface area contributed by atoms with Crippen molar-refractivity contribution in [1.29, 1.82) is 0 Å². The highest BCUT2D eigenvalue weighted by atomic mass is 16.5. The summed E-state index contributed by atoms with van der Waals surface area (Å²) in [5.41, 5.74) is 4.58. The number of hydrazone groups is 1. The monoisotopic (exact) mass is 403 g/mol. The van der Waals surface area contributed by atoms with Crippen molar-refractivity contribution in [3.63, 3.8) is 0 Å². The molecule has 6 nitrogen and oxygen atoms in total. The van der Waals surface area contributed by atoms with E-state index in [-0.39, 0.29) is 5.91 Å². The number of nitrogens with zero attached hydrogens (tertiary/aromatic N) is 2. The first kappa shape index (κ1) is 20.1. The predicted molar refractivity (Wildman–Crippen MR) is 118 cm³/mol. The molecule has 1 amide bonds. The lowest BCUT2D eigenvalue weighted by Crippen LogP contribution is -2.42. The van der Waals surface area contributed by atoms with E-state index in [2.05, 4.69) is 39.7 Å². The Morgan fingerprint density at radius 3 is 2.77 bits per heavy atom. The molecule has 1 N–H and O–H groups in total. The standard InChI is InChI=1S/C24H25N3O3/c28-24(17-27-11-13-29-14-12-27)26-25-16-19-5-3-9-22(15-19)30-18-21-8-4-7-20-6-1-2-10-23(20)21/h1-10,15-16H,11-14,17-18H2,(H,26,28)/b25-16-. The second-order valence-corrected chi connectivity index (χ2v) is 7.18. The summed E-state index contributed by atoms with van der Waals surface area (Å²) in [4.78, 5) is 14.1. The van der Waals surface area contributed by atoms with E-state index in [4.69, 9.17) is 9.47 Å². The second-order valence-electron chi connectivity index (χ2n) is 7.18. The summed E-state index contributed by atoms with van der Waals surface area (Å²) in [6, 6.07) is 22.2. The fraction of sp³-hybridized carbons (Fsp3) is 0.250. The van der Waals surface area contributed by atoms with E-state index < -0.39 is 0 Å². The Hall–Kier alpha value is -3.22. The fourth-order valence-electron chi connectivity index (χ4n) is 3.44. The van der Waals surface area contributed by atoms with Gasteiger partial charge in [0.15, 0.2) is 0 Å². The number of carbonyl (C=O) groups excluding carboxylic acids is 1. The van der Waals surface area contributed by atoms with Crippen molar-refractivity contribution in [2.24, 2.45) is 5.10 Å². The number of ether oxygens (including phenoxy) is 2. The number of carbonyl (C=O) groups is 1. The van der Waals surface area contributed by atoms with Gasteiger partial charge in [0.25, 0.3) is 5.91 Å². The minimum atomic E-state index is -0.128. The average molecular weight is 403 g/mol. The van der Waals surface area contributed by atoms with Gasteiger partial charge in [-0.2, -0.15) is 5.10 Å². The molecule has 1 fully saturated rings. The van der Waals surface area contributed by atoms with E-state index >= 15 is 0 Å². The Morgan fingerprint density at radius 2 is 1.87 bits per heavy atom. The predicted octanol–water partition coefficient (Wildman–Crippen LogP) is 3.20. The van der Waals surface area contributed by atoms with Gasteiger partial charge in [0.05, 0.1) is 26.0 Å². The van der Waals surface area contributed by atoms with Crippen molar-refractivity contribution in [3.05, 3.63) is 77.9 Å². The summed E-state index contributed by atoms with van der Waals surface area (Å²) < 4.78 is 11.3. The van der Waals surface area contributed by atoms with Crippen molar-refractivity contribution >= 4 is 22.9 Å². The van der Waals surface area contributed by atoms with Crippen molar-refractivity contribution in [2.45, 2.75) is 6.61 Å². The van der Waals surface area contributed by atoms with Crippen LogP contribution in [0.15, 0.2) is 71.8 Å². The molecule has 0 radical (unpaired) electrons. The van der Waals surface area contributed by atoms with E-state index in [1.165, 1.54) is 10.8 Å². The molecule has 3 aromatic rings. The van der Waals surface area contributed by atoms with E-state index in [1.807, 2.05) is 42.5 Å². The maximum atomic E-state index is 12.0. The maximum Gasteiger partial charge on any atom is 0.254 e. The van der Waals surface area contributed by atoms with Crippen LogP contribution in [0.25, 0.3) is 10.8 Å². The summed E-state index contributed by atoms with van der Waals surface area (Å²) in [5, 5.41) is 6.47. The molecule has 0 atom stereocenters. The molecular formula is C24H25N3O3. The van der Waals surface area contributed by atoms with Gasteiger partial charge in [0, 0.05) is 13.1 Å². The van der Waals surface area contributed by atoms with Crippen molar-refractivity contribution in [2.75, 3.05) is 32.8 Å². The summed E-state index contributed by atoms with van der Waals surface area (Å²) in [5.74, 6) is 0.628. The minimum absolute atomic E-state index is 0.128. The Balaban J connectivity index is 1.32. The first-order chi connectivity index (χ1) is 14.8. The molecule has 0 spiro atoms. The van der Waals surface area contributed by atoms with Gasteiger partial charge in [-0.05, 0) is 34.0 Å². The lowest BCUT2D eigenvalue weighted by molar-refractivity contribution is -0.123. The third-order valence-electron chi connectivity index (χ3n) is 5.01. The molecule has 0 aliphatic carbocycles. The summed E-state index contributed by atoms with van der Waals surface area (Å²) in [6.07, 6.45) is 1.63. The molecule has 1 aliphatic heterocycles. The largest absolute Gasteiger partial charge is 0.489 e. The van der Waals surface area contributed by atoms with Crippen LogP contribution in [0.1, 0.15) is 11.1 Å². The first-order valence-corrected chi connectivity index (χ1v) is 10.1. The average Bonchev–Trinajstić information content (AvgIpc) is 2.78. The Morgan fingerprint density at radius 1 is 1.07 bits per heavy atom. The second kappa shape index (κ2) is 10.0. The number of amides is 1. The number of nitrogens with one attached hydrogen (secondary N) is 1. The van der Waals surface area contributed by atoms with Gasteiger partial charge < -0.3 is 9.47 Å². The van der Waals surface area contributed by atoms with Gasteiger partial charge in [-0.1, -0.05) is 54.6 Å². The van der Waals surface area contributed by atoms with E-state index in [9.17, 15) is 4.79 Å². The van der Waals surface area contributed by atoms with Gasteiger partial charge in [0.2, 0.25) is 0 Å². The Labute approximate surface area is 176 Å². The number of rotatable bonds is 7. The van der Waals surface area contributed by atoms with Gasteiger partial charge in [0.1, 0.15) is 12.4 Å². The molecule has 1 saturated heterocycles. The van der Waals surface area contributed by atoms with Crippen LogP contribution in [0.4, 0.5) is 0 Å². The summed E-state index contributed by atoms with van der Waals surface area (Å²) >= 11 is 0. The fourth-order valence-corrected chi connectivity index (χ4v) is 3.44. The lowest BCUT2D eigenvalue weighted by atomic mass is 10.1. The smallest absolute Gasteiger partial charge is 0.254 e. The molecule has 0 aromatic heterocycles. The van der Waals surface area contributed by atoms with Crippen LogP contribution >= 0.6 is 0 Å². The van der Waals surface area contributed by atoms with Crippen LogP contribution in [0, 0.1) is 0 Å². The van der Waals surface area contributed by atoms with E-state index in [0.29, 0.717) is 26.4 Å². The molecule has 154 valence electrons. The molecule has 0 saturated carbocycles. The van der Waals surface area contributed by atoms with Crippen LogP contribution in [-0.2, 0) is 16.1 Å². The number of benzene rings is 3. The SMILES string of the molecule is O=C(CN1CCOCC1)N/N=C\c1cccc(OCc2cccc3ccccc23)c1. The van der Waals surface area contributed by atoms with Gasteiger partial charge >= 0.3 is 0 Å². The highest BCUT2D eigenvalue weighted by molar-refractivity contribution is 5.85. The number of hydrogen-bond donors (Lipinski definition) is 1. The maximum absolute atomic E-state index is 12.0. The molecule has 3 aromatic carbocycles. The summed E-state index contributed by atoms with van der Waals surface area (Å²) in [6.45, 7) is 3.69. The van der Waals surface area contributed by atoms with E-state index in [0.717, 1.165) is 30.0 Å². The molecular weight excluding hydrogens is 378 g/mol. The summed E-state index contributed by atoms with van der Waals surface area (Å²) in [7, 11) is 0. The van der Waals surface area contributed by atoms with Crippen molar-refractivity contribution in [3.8, 4) is 5.75 Å². The van der Waals surface area contributed by atoms with Crippen LogP contribution in [-0.4, -0.2) is 49.9 Å². The molecule has 1 aliphatic rings. The van der Waals surface area contributed by atoms with Crippen LogP contribution in [0.2, 0.25) is 0 Å². The van der Waals surface area contributed by atoms with Gasteiger partial charge in [-0.25, -0.2) is 5.43 Å². The number of morpholine rings is 1. The zero-order valence-corrected chi connectivity index (χ0v) is 16.8. The lowest BCUT2D eigenvalue weighted by Gasteiger charge is -2.25. The quantitative estimate of drug-likeness (QED) is 0.486. The van der Waals surface area contributed by atoms with Crippen LogP contribution in [0.3, 0.4) is 0 Å². The molecule has 6 heteroatoms. The third-order valence-corrected chi connectivity index (χ3v) is 5.01. The zero-order chi connectivity index (χ0) is 20.6. The number of hydrogen-bond acceptors (Lipinski definition) is 5. The Kier molecular flexibility index (Phi) is 6.69. The topological polar surface area (TPSA) is 63.2 Å². The zero-order valence-electron chi connectivity index (χ0n) is 16.8. The molecule has 0 bridgehead atoms.